The van der Waals surface area contributed by atoms with Gasteiger partial charge in [-0.15, -0.1) is 0 Å². The third-order valence-corrected chi connectivity index (χ3v) is 6.02. The Morgan fingerprint density at radius 3 is 2.69 bits per heavy atom. The van der Waals surface area contributed by atoms with Crippen molar-refractivity contribution in [1.82, 2.24) is 9.80 Å². The Balaban J connectivity index is 1.58. The summed E-state index contributed by atoms with van der Waals surface area (Å²) in [4.78, 5) is 5.09. The van der Waals surface area contributed by atoms with Crippen LogP contribution in [0.25, 0.3) is 0 Å². The van der Waals surface area contributed by atoms with Crippen LogP contribution in [-0.4, -0.2) is 66.0 Å². The van der Waals surface area contributed by atoms with Crippen LogP contribution in [0.1, 0.15) is 44.1 Å². The lowest BCUT2D eigenvalue weighted by molar-refractivity contribution is 0.0400. The first kappa shape index (κ1) is 19.5. The summed E-state index contributed by atoms with van der Waals surface area (Å²) in [6, 6.07) is 6.03. The minimum atomic E-state index is 0.187. The van der Waals surface area contributed by atoms with Crippen molar-refractivity contribution in [3.8, 4) is 11.5 Å². The number of hydrogen-bond donors (Lipinski definition) is 2. The molecule has 5 heteroatoms. The van der Waals surface area contributed by atoms with Crippen molar-refractivity contribution in [3.63, 3.8) is 0 Å². The molecule has 3 rings (SSSR count). The van der Waals surface area contributed by atoms with E-state index in [9.17, 15) is 10.2 Å². The van der Waals surface area contributed by atoms with Crippen molar-refractivity contribution in [2.75, 3.05) is 39.9 Å². The molecule has 2 aliphatic rings. The molecular weight excluding hydrogens is 328 g/mol. The van der Waals surface area contributed by atoms with Gasteiger partial charge in [0.2, 0.25) is 0 Å². The summed E-state index contributed by atoms with van der Waals surface area (Å²) in [6.07, 6.45) is 7.78. The van der Waals surface area contributed by atoms with Crippen LogP contribution >= 0.6 is 0 Å². The number of rotatable bonds is 7. The van der Waals surface area contributed by atoms with Gasteiger partial charge in [-0.05, 0) is 42.9 Å². The highest BCUT2D eigenvalue weighted by Crippen LogP contribution is 2.28. The van der Waals surface area contributed by atoms with E-state index < -0.39 is 0 Å². The van der Waals surface area contributed by atoms with Crippen molar-refractivity contribution in [1.29, 1.82) is 0 Å². The van der Waals surface area contributed by atoms with E-state index in [4.69, 9.17) is 4.74 Å². The van der Waals surface area contributed by atoms with Gasteiger partial charge in [-0.25, -0.2) is 0 Å². The fourth-order valence-corrected chi connectivity index (χ4v) is 4.54. The highest BCUT2D eigenvalue weighted by atomic mass is 16.5. The van der Waals surface area contributed by atoms with Crippen LogP contribution in [-0.2, 0) is 6.54 Å². The van der Waals surface area contributed by atoms with Crippen molar-refractivity contribution in [2.24, 2.45) is 5.92 Å². The van der Waals surface area contributed by atoms with Gasteiger partial charge >= 0.3 is 0 Å². The zero-order chi connectivity index (χ0) is 18.4. The quantitative estimate of drug-likeness (QED) is 0.781. The summed E-state index contributed by atoms with van der Waals surface area (Å²) in [5.41, 5.74) is 1.16. The van der Waals surface area contributed by atoms with Gasteiger partial charge in [0.15, 0.2) is 11.5 Å². The Morgan fingerprint density at radius 2 is 1.96 bits per heavy atom. The van der Waals surface area contributed by atoms with Crippen molar-refractivity contribution in [2.45, 2.75) is 51.1 Å². The Labute approximate surface area is 157 Å². The van der Waals surface area contributed by atoms with Crippen molar-refractivity contribution >= 4 is 0 Å². The van der Waals surface area contributed by atoms with E-state index in [2.05, 4.69) is 9.80 Å². The van der Waals surface area contributed by atoms with Gasteiger partial charge in [0, 0.05) is 45.4 Å². The number of benzene rings is 1. The number of aliphatic hydroxyl groups excluding tert-OH is 1. The molecule has 2 fully saturated rings. The van der Waals surface area contributed by atoms with Crippen LogP contribution in [0.15, 0.2) is 18.2 Å². The third kappa shape index (κ3) is 5.12. The van der Waals surface area contributed by atoms with E-state index in [1.807, 2.05) is 12.1 Å². The summed E-state index contributed by atoms with van der Waals surface area (Å²) in [7, 11) is 1.58. The topological polar surface area (TPSA) is 56.2 Å². The molecule has 1 aromatic carbocycles. The normalized spacial score (nSPS) is 23.2. The first-order valence-corrected chi connectivity index (χ1v) is 10.1. The predicted octanol–water partition coefficient (Wildman–Crippen LogP) is 2.85. The molecule has 26 heavy (non-hydrogen) atoms. The molecular formula is C21H34N2O3. The molecule has 1 saturated carbocycles. The summed E-state index contributed by atoms with van der Waals surface area (Å²) in [5, 5.41) is 19.3. The molecule has 0 amide bonds. The van der Waals surface area contributed by atoms with E-state index in [0.29, 0.717) is 11.8 Å². The number of ether oxygens (including phenoxy) is 1. The van der Waals surface area contributed by atoms with E-state index in [1.54, 1.807) is 13.2 Å². The van der Waals surface area contributed by atoms with Gasteiger partial charge in [0.05, 0.1) is 7.11 Å². The minimum Gasteiger partial charge on any atom is -0.504 e. The van der Waals surface area contributed by atoms with E-state index in [0.717, 1.165) is 44.1 Å². The number of methoxy groups -OCH3 is 1. The Morgan fingerprint density at radius 1 is 1.15 bits per heavy atom. The molecule has 1 atom stereocenters. The molecule has 0 bridgehead atoms. The minimum absolute atomic E-state index is 0.187. The van der Waals surface area contributed by atoms with Crippen LogP contribution in [0.3, 0.4) is 0 Å². The molecule has 146 valence electrons. The summed E-state index contributed by atoms with van der Waals surface area (Å²) >= 11 is 0. The second kappa shape index (κ2) is 9.58. The summed E-state index contributed by atoms with van der Waals surface area (Å²) < 4.78 is 5.23. The average Bonchev–Trinajstić information content (AvgIpc) is 2.66. The summed E-state index contributed by atoms with van der Waals surface area (Å²) in [5.74, 6) is 1.56. The average molecular weight is 363 g/mol. The first-order valence-electron chi connectivity index (χ1n) is 10.1. The van der Waals surface area contributed by atoms with Gasteiger partial charge in [0.1, 0.15) is 0 Å². The molecule has 1 aliphatic heterocycles. The van der Waals surface area contributed by atoms with Gasteiger partial charge in [-0.1, -0.05) is 25.3 Å². The van der Waals surface area contributed by atoms with Crippen molar-refractivity contribution < 1.29 is 14.9 Å². The fraction of sp³-hybridized carbons (Fsp3) is 0.714. The fourth-order valence-electron chi connectivity index (χ4n) is 4.54. The van der Waals surface area contributed by atoms with Crippen LogP contribution in [0.4, 0.5) is 0 Å². The Bertz CT molecular complexity index is 560. The monoisotopic (exact) mass is 362 g/mol. The van der Waals surface area contributed by atoms with Crippen LogP contribution in [0.5, 0.6) is 11.5 Å². The molecule has 0 aromatic heterocycles. The highest BCUT2D eigenvalue weighted by Gasteiger charge is 2.29. The third-order valence-electron chi connectivity index (χ3n) is 6.02. The molecule has 1 saturated heterocycles. The second-order valence-corrected chi connectivity index (χ2v) is 7.91. The summed E-state index contributed by atoms with van der Waals surface area (Å²) in [6.45, 7) is 5.44. The smallest absolute Gasteiger partial charge is 0.160 e. The first-order chi connectivity index (χ1) is 12.7. The molecule has 1 unspecified atom stereocenters. The largest absolute Gasteiger partial charge is 0.504 e. The molecule has 5 nitrogen and oxygen atoms in total. The number of nitrogens with zero attached hydrogens (tertiary/aromatic N) is 2. The Hall–Kier alpha value is -1.30. The van der Waals surface area contributed by atoms with E-state index >= 15 is 0 Å². The number of phenols is 1. The maximum Gasteiger partial charge on any atom is 0.160 e. The number of piperazine rings is 1. The molecule has 0 spiro atoms. The number of hydrogen-bond acceptors (Lipinski definition) is 5. The number of aromatic hydroxyl groups is 1. The standard InChI is InChI=1S/C21H34N2O3/c1-26-21-13-18(7-8-20(21)25)14-22-10-11-23(19(16-22)9-12-24)15-17-5-3-2-4-6-17/h7-8,13,17,19,24-25H,2-6,9-12,14-16H2,1H3. The van der Waals surface area contributed by atoms with Crippen molar-refractivity contribution in [3.05, 3.63) is 23.8 Å². The molecule has 0 radical (unpaired) electrons. The van der Waals surface area contributed by atoms with Crippen LogP contribution in [0, 0.1) is 5.92 Å². The zero-order valence-electron chi connectivity index (χ0n) is 16.1. The van der Waals surface area contributed by atoms with Crippen LogP contribution in [0.2, 0.25) is 0 Å². The highest BCUT2D eigenvalue weighted by molar-refractivity contribution is 5.41. The lowest BCUT2D eigenvalue weighted by Crippen LogP contribution is -2.54. The SMILES string of the molecule is COc1cc(CN2CCN(CC3CCCCC3)C(CCO)C2)ccc1O. The lowest BCUT2D eigenvalue weighted by Gasteiger charge is -2.43. The lowest BCUT2D eigenvalue weighted by atomic mass is 9.88. The maximum atomic E-state index is 9.77. The molecule has 1 aliphatic carbocycles. The van der Waals surface area contributed by atoms with Gasteiger partial charge < -0.3 is 14.9 Å². The number of aliphatic hydroxyl groups is 1. The van der Waals surface area contributed by atoms with Gasteiger partial charge in [0.25, 0.3) is 0 Å². The van der Waals surface area contributed by atoms with Gasteiger partial charge in [-0.3, -0.25) is 9.80 Å². The predicted molar refractivity (Wildman–Crippen MR) is 104 cm³/mol. The zero-order valence-corrected chi connectivity index (χ0v) is 16.1. The molecule has 1 heterocycles. The maximum absolute atomic E-state index is 9.77. The second-order valence-electron chi connectivity index (χ2n) is 7.91. The van der Waals surface area contributed by atoms with E-state index in [-0.39, 0.29) is 12.4 Å². The number of phenolic OH excluding ortho intramolecular Hbond substituents is 1. The molecule has 2 N–H and O–H groups in total. The Kier molecular flexibility index (Phi) is 7.17. The van der Waals surface area contributed by atoms with E-state index in [1.165, 1.54) is 38.6 Å². The molecule has 1 aromatic rings. The van der Waals surface area contributed by atoms with Crippen LogP contribution < -0.4 is 4.74 Å². The van der Waals surface area contributed by atoms with Gasteiger partial charge in [-0.2, -0.15) is 0 Å².